The zero-order valence-electron chi connectivity index (χ0n) is 10.4. The average molecular weight is 440 g/mol. The van der Waals surface area contributed by atoms with Crippen LogP contribution in [0.25, 0.3) is 10.8 Å². The van der Waals surface area contributed by atoms with Crippen LogP contribution in [0.15, 0.2) is 45.0 Å². The first-order valence-corrected chi connectivity index (χ1v) is 9.63. The molecule has 0 radical (unpaired) electrons. The Balaban J connectivity index is 0. The van der Waals surface area contributed by atoms with Gasteiger partial charge in [0.2, 0.25) is 0 Å². The van der Waals surface area contributed by atoms with Crippen LogP contribution in [0.3, 0.4) is 0 Å². The molecule has 0 aliphatic heterocycles. The molecule has 9 nitrogen and oxygen atoms in total. The number of fused-ring (bicyclic) bond motifs is 1. The van der Waals surface area contributed by atoms with Crippen molar-refractivity contribution in [3.8, 4) is 0 Å². The first-order valence-electron chi connectivity index (χ1n) is 5.31. The van der Waals surface area contributed by atoms with Gasteiger partial charge in [-0.2, -0.15) is 25.3 Å². The van der Waals surface area contributed by atoms with Crippen LogP contribution in [-0.2, 0) is 30.4 Å². The molecular formula is C10H11Na3O9S3. The molecule has 3 N–H and O–H groups in total. The van der Waals surface area contributed by atoms with Gasteiger partial charge in [0.05, 0.1) is 0 Å². The van der Waals surface area contributed by atoms with Gasteiger partial charge in [-0.05, 0) is 11.5 Å². The molecule has 2 aromatic carbocycles. The molecule has 0 amide bonds. The van der Waals surface area contributed by atoms with Crippen molar-refractivity contribution in [2.75, 3.05) is 0 Å². The van der Waals surface area contributed by atoms with Crippen molar-refractivity contribution in [3.05, 3.63) is 30.3 Å². The van der Waals surface area contributed by atoms with Crippen LogP contribution in [-0.4, -0.2) is 128 Å². The molecule has 0 spiro atoms. The van der Waals surface area contributed by atoms with Gasteiger partial charge in [-0.3, -0.25) is 13.7 Å². The summed E-state index contributed by atoms with van der Waals surface area (Å²) in [5.74, 6) is 0. The SMILES string of the molecule is O=S(=O)(O)c1cc2ccccc2c(S(=O)(=O)O)c1S(=O)(=O)O.[NaH].[NaH].[NaH]. The maximum atomic E-state index is 11.5. The van der Waals surface area contributed by atoms with E-state index in [1.807, 2.05) is 0 Å². The number of hydrogen-bond donors (Lipinski definition) is 3. The summed E-state index contributed by atoms with van der Waals surface area (Å²) in [6.45, 7) is 0. The fourth-order valence-corrected chi connectivity index (χ4v) is 5.37. The van der Waals surface area contributed by atoms with Gasteiger partial charge in [-0.1, -0.05) is 24.3 Å². The predicted molar refractivity (Wildman–Crippen MR) is 94.8 cm³/mol. The van der Waals surface area contributed by atoms with Gasteiger partial charge in [-0.15, -0.1) is 0 Å². The third-order valence-electron chi connectivity index (χ3n) is 2.72. The first kappa shape index (κ1) is 28.6. The Labute approximate surface area is 210 Å². The molecule has 126 valence electrons. The zero-order chi connectivity index (χ0) is 16.9. The van der Waals surface area contributed by atoms with Crippen molar-refractivity contribution < 1.29 is 38.9 Å². The maximum absolute atomic E-state index is 11.5. The molecule has 0 saturated heterocycles. The van der Waals surface area contributed by atoms with E-state index in [0.29, 0.717) is 6.07 Å². The molecule has 0 heterocycles. The summed E-state index contributed by atoms with van der Waals surface area (Å²) in [6.07, 6.45) is 0. The van der Waals surface area contributed by atoms with E-state index in [1.165, 1.54) is 18.2 Å². The second-order valence-corrected chi connectivity index (χ2v) is 8.29. The van der Waals surface area contributed by atoms with Crippen molar-refractivity contribution in [1.82, 2.24) is 0 Å². The second-order valence-electron chi connectivity index (χ2n) is 4.18. The van der Waals surface area contributed by atoms with Gasteiger partial charge in [0.1, 0.15) is 14.7 Å². The van der Waals surface area contributed by atoms with Crippen LogP contribution in [0.1, 0.15) is 0 Å². The fourth-order valence-electron chi connectivity index (χ4n) is 1.96. The Morgan fingerprint density at radius 1 is 0.640 bits per heavy atom. The minimum atomic E-state index is -5.40. The molecule has 2 aromatic rings. The molecule has 0 fully saturated rings. The Hall–Kier alpha value is 1.43. The Morgan fingerprint density at radius 3 is 1.48 bits per heavy atom. The molecule has 0 bridgehead atoms. The van der Waals surface area contributed by atoms with Gasteiger partial charge in [-0.25, -0.2) is 0 Å². The molecule has 0 saturated carbocycles. The fraction of sp³-hybridized carbons (Fsp3) is 0. The normalized spacial score (nSPS) is 11.8. The van der Waals surface area contributed by atoms with Crippen LogP contribution in [0.2, 0.25) is 0 Å². The van der Waals surface area contributed by atoms with Crippen molar-refractivity contribution in [1.29, 1.82) is 0 Å². The van der Waals surface area contributed by atoms with E-state index >= 15 is 0 Å². The van der Waals surface area contributed by atoms with Crippen molar-refractivity contribution in [3.63, 3.8) is 0 Å². The Bertz CT molecular complexity index is 1090. The number of benzene rings is 2. The second kappa shape index (κ2) is 9.76. The first-order chi connectivity index (χ1) is 9.83. The van der Waals surface area contributed by atoms with E-state index in [0.717, 1.165) is 6.07 Å². The summed E-state index contributed by atoms with van der Waals surface area (Å²) in [6, 6.07) is 5.69. The third kappa shape index (κ3) is 6.48. The van der Waals surface area contributed by atoms with E-state index in [4.69, 9.17) is 9.11 Å². The summed E-state index contributed by atoms with van der Waals surface area (Å²) in [4.78, 5) is -4.31. The zero-order valence-corrected chi connectivity index (χ0v) is 12.9. The molecular weight excluding hydrogens is 429 g/mol. The van der Waals surface area contributed by atoms with E-state index < -0.39 is 45.0 Å². The molecule has 25 heavy (non-hydrogen) atoms. The minimum absolute atomic E-state index is 0. The van der Waals surface area contributed by atoms with Gasteiger partial charge >= 0.3 is 88.7 Å². The molecule has 0 aliphatic carbocycles. The molecule has 0 aliphatic rings. The summed E-state index contributed by atoms with van der Waals surface area (Å²) < 4.78 is 96.0. The summed E-state index contributed by atoms with van der Waals surface area (Å²) in [5, 5.41) is -0.430. The standard InChI is InChI=1S/C10H8O9S3.3Na.3H/c11-20(12,13)8-5-6-3-1-2-4-7(6)9(21(14,15)16)10(8)22(17,18)19;;;;;;/h1-5H,(H,11,12,13)(H,14,15,16)(H,17,18,19);;;;;;. The Kier molecular flexibility index (Phi) is 11.2. The quantitative estimate of drug-likeness (QED) is 0.386. The van der Waals surface area contributed by atoms with Crippen molar-refractivity contribution in [2.45, 2.75) is 14.7 Å². The van der Waals surface area contributed by atoms with Gasteiger partial charge < -0.3 is 0 Å². The van der Waals surface area contributed by atoms with Gasteiger partial charge in [0.15, 0.2) is 0 Å². The predicted octanol–water partition coefficient (Wildman–Crippen LogP) is -1.37. The van der Waals surface area contributed by atoms with Crippen LogP contribution >= 0.6 is 0 Å². The van der Waals surface area contributed by atoms with E-state index in [9.17, 15) is 29.8 Å². The molecule has 0 atom stereocenters. The summed E-state index contributed by atoms with van der Waals surface area (Å²) >= 11 is 0. The molecule has 2 rings (SSSR count). The van der Waals surface area contributed by atoms with Crippen LogP contribution in [0, 0.1) is 0 Å². The van der Waals surface area contributed by atoms with Crippen LogP contribution in [0.4, 0.5) is 0 Å². The number of hydrogen-bond acceptors (Lipinski definition) is 6. The van der Waals surface area contributed by atoms with E-state index in [1.54, 1.807) is 0 Å². The molecule has 15 heteroatoms. The topological polar surface area (TPSA) is 163 Å². The van der Waals surface area contributed by atoms with Crippen LogP contribution < -0.4 is 0 Å². The monoisotopic (exact) mass is 440 g/mol. The Morgan fingerprint density at radius 2 is 1.08 bits per heavy atom. The van der Waals surface area contributed by atoms with E-state index in [-0.39, 0.29) is 99.4 Å². The number of rotatable bonds is 3. The molecule has 0 unspecified atom stereocenters. The van der Waals surface area contributed by atoms with Gasteiger partial charge in [0.25, 0.3) is 30.4 Å². The van der Waals surface area contributed by atoms with Crippen LogP contribution in [0.5, 0.6) is 0 Å². The van der Waals surface area contributed by atoms with Gasteiger partial charge in [0, 0.05) is 5.39 Å². The van der Waals surface area contributed by atoms with Crippen molar-refractivity contribution in [2.24, 2.45) is 0 Å². The van der Waals surface area contributed by atoms with Crippen molar-refractivity contribution >= 4 is 130 Å². The summed E-state index contributed by atoms with van der Waals surface area (Å²) in [5.41, 5.74) is 0. The summed E-state index contributed by atoms with van der Waals surface area (Å²) in [7, 11) is -15.8. The third-order valence-corrected chi connectivity index (χ3v) is 5.73. The molecule has 0 aromatic heterocycles. The van der Waals surface area contributed by atoms with E-state index in [2.05, 4.69) is 0 Å². The average Bonchev–Trinajstić information content (AvgIpc) is 2.33.